The topological polar surface area (TPSA) is 55.1 Å². The molecule has 19 heavy (non-hydrogen) atoms. The Morgan fingerprint density at radius 1 is 1.37 bits per heavy atom. The van der Waals surface area contributed by atoms with Crippen molar-refractivity contribution in [1.29, 1.82) is 0 Å². The van der Waals surface area contributed by atoms with Gasteiger partial charge in [0.15, 0.2) is 0 Å². The van der Waals surface area contributed by atoms with Crippen LogP contribution in [0.3, 0.4) is 0 Å². The Hall–Kier alpha value is -0.870. The molecule has 3 rings (SSSR count). The highest BCUT2D eigenvalue weighted by molar-refractivity contribution is 7.07. The van der Waals surface area contributed by atoms with Crippen LogP contribution in [0, 0.1) is 17.8 Å². The number of nitrogens with one attached hydrogen (secondary N) is 1. The quantitative estimate of drug-likeness (QED) is 0.892. The van der Waals surface area contributed by atoms with Crippen LogP contribution in [0.25, 0.3) is 0 Å². The van der Waals surface area contributed by atoms with Gasteiger partial charge in [-0.3, -0.25) is 4.79 Å². The molecule has 1 amide bonds. The van der Waals surface area contributed by atoms with Gasteiger partial charge in [-0.2, -0.15) is 11.3 Å². The lowest BCUT2D eigenvalue weighted by Gasteiger charge is -2.43. The van der Waals surface area contributed by atoms with Crippen molar-refractivity contribution in [1.82, 2.24) is 5.32 Å². The van der Waals surface area contributed by atoms with Gasteiger partial charge >= 0.3 is 0 Å². The summed E-state index contributed by atoms with van der Waals surface area (Å²) in [6, 6.07) is 2.41. The van der Waals surface area contributed by atoms with E-state index >= 15 is 0 Å². The summed E-state index contributed by atoms with van der Waals surface area (Å²) in [5, 5.41) is 7.22. The summed E-state index contributed by atoms with van der Waals surface area (Å²) in [6.45, 7) is 0.667. The number of thiophene rings is 1. The zero-order valence-corrected chi connectivity index (χ0v) is 12.0. The maximum absolute atomic E-state index is 12.3. The number of amides is 1. The standard InChI is InChI=1S/C15H22N2OS/c16-14-11-2-1-3-12(14)7-13(6-11)15(18)17-8-10-4-5-19-9-10/h4-5,9,11-14H,1-3,6-8,16H2,(H,17,18). The fourth-order valence-corrected chi connectivity index (χ4v) is 4.40. The number of fused-ring (bicyclic) bond motifs is 2. The van der Waals surface area contributed by atoms with Gasteiger partial charge in [0.05, 0.1) is 0 Å². The molecule has 0 spiro atoms. The molecule has 1 heterocycles. The van der Waals surface area contributed by atoms with E-state index in [1.807, 2.05) is 5.38 Å². The van der Waals surface area contributed by atoms with Crippen LogP contribution in [0.2, 0.25) is 0 Å². The van der Waals surface area contributed by atoms with Crippen molar-refractivity contribution < 1.29 is 4.79 Å². The molecule has 3 N–H and O–H groups in total. The predicted octanol–water partition coefficient (Wildman–Crippen LogP) is 2.52. The van der Waals surface area contributed by atoms with Crippen LogP contribution in [0.15, 0.2) is 16.8 Å². The van der Waals surface area contributed by atoms with Gasteiger partial charge in [0, 0.05) is 18.5 Å². The molecule has 2 aliphatic rings. The second-order valence-electron chi connectivity index (χ2n) is 6.05. The summed E-state index contributed by atoms with van der Waals surface area (Å²) in [6.07, 6.45) is 5.71. The van der Waals surface area contributed by atoms with E-state index < -0.39 is 0 Å². The van der Waals surface area contributed by atoms with Crippen LogP contribution < -0.4 is 11.1 Å². The van der Waals surface area contributed by atoms with Crippen molar-refractivity contribution in [3.8, 4) is 0 Å². The summed E-state index contributed by atoms with van der Waals surface area (Å²) in [7, 11) is 0. The first-order valence-electron chi connectivity index (χ1n) is 7.28. The zero-order chi connectivity index (χ0) is 13.2. The summed E-state index contributed by atoms with van der Waals surface area (Å²) in [4.78, 5) is 12.3. The lowest BCUT2D eigenvalue weighted by atomic mass is 9.65. The van der Waals surface area contributed by atoms with Gasteiger partial charge in [0.1, 0.15) is 0 Å². The van der Waals surface area contributed by atoms with E-state index in [0.717, 1.165) is 12.8 Å². The second-order valence-corrected chi connectivity index (χ2v) is 6.83. The molecular weight excluding hydrogens is 256 g/mol. The van der Waals surface area contributed by atoms with Crippen LogP contribution in [0.1, 0.15) is 37.7 Å². The minimum absolute atomic E-state index is 0.189. The fraction of sp³-hybridized carbons (Fsp3) is 0.667. The number of hydrogen-bond acceptors (Lipinski definition) is 3. The van der Waals surface area contributed by atoms with Crippen molar-refractivity contribution in [2.75, 3.05) is 0 Å². The van der Waals surface area contributed by atoms with Crippen molar-refractivity contribution in [2.45, 2.75) is 44.7 Å². The van der Waals surface area contributed by atoms with Crippen molar-refractivity contribution in [2.24, 2.45) is 23.5 Å². The first-order chi connectivity index (χ1) is 9.24. The van der Waals surface area contributed by atoms with Gasteiger partial charge in [-0.05, 0) is 59.9 Å². The average Bonchev–Trinajstić information content (AvgIpc) is 2.88. The largest absolute Gasteiger partial charge is 0.352 e. The van der Waals surface area contributed by atoms with Gasteiger partial charge < -0.3 is 11.1 Å². The first-order valence-corrected chi connectivity index (χ1v) is 8.22. The second kappa shape index (κ2) is 5.63. The van der Waals surface area contributed by atoms with Gasteiger partial charge in [0.25, 0.3) is 0 Å². The lowest BCUT2D eigenvalue weighted by molar-refractivity contribution is -0.128. The van der Waals surface area contributed by atoms with Crippen LogP contribution in [-0.4, -0.2) is 11.9 Å². The van der Waals surface area contributed by atoms with Crippen LogP contribution >= 0.6 is 11.3 Å². The molecule has 3 nitrogen and oxygen atoms in total. The summed E-state index contributed by atoms with van der Waals surface area (Å²) >= 11 is 1.67. The van der Waals surface area contributed by atoms with E-state index in [9.17, 15) is 4.79 Å². The minimum atomic E-state index is 0.189. The molecular formula is C15H22N2OS. The molecule has 2 saturated carbocycles. The number of hydrogen-bond donors (Lipinski definition) is 2. The molecule has 0 saturated heterocycles. The van der Waals surface area contributed by atoms with E-state index in [0.29, 0.717) is 24.4 Å². The highest BCUT2D eigenvalue weighted by atomic mass is 32.1. The Morgan fingerprint density at radius 2 is 2.11 bits per heavy atom. The van der Waals surface area contributed by atoms with Crippen molar-refractivity contribution in [3.63, 3.8) is 0 Å². The third kappa shape index (κ3) is 2.84. The van der Waals surface area contributed by atoms with E-state index in [1.54, 1.807) is 11.3 Å². The van der Waals surface area contributed by atoms with E-state index in [4.69, 9.17) is 5.73 Å². The third-order valence-electron chi connectivity index (χ3n) is 4.83. The molecule has 2 bridgehead atoms. The molecule has 0 radical (unpaired) electrons. The molecule has 2 unspecified atom stereocenters. The monoisotopic (exact) mass is 278 g/mol. The molecule has 2 aliphatic carbocycles. The number of nitrogens with two attached hydrogens (primary N) is 1. The Bertz CT molecular complexity index is 417. The maximum Gasteiger partial charge on any atom is 0.223 e. The highest BCUT2D eigenvalue weighted by Crippen LogP contribution is 2.41. The predicted molar refractivity (Wildman–Crippen MR) is 77.7 cm³/mol. The molecule has 4 heteroatoms. The fourth-order valence-electron chi connectivity index (χ4n) is 3.73. The Labute approximate surface area is 118 Å². The lowest BCUT2D eigenvalue weighted by Crippen LogP contribution is -2.49. The number of carbonyl (C=O) groups excluding carboxylic acids is 1. The summed E-state index contributed by atoms with van der Waals surface area (Å²) in [5.41, 5.74) is 7.47. The number of carbonyl (C=O) groups is 1. The zero-order valence-electron chi connectivity index (χ0n) is 11.2. The Balaban J connectivity index is 1.56. The molecule has 2 atom stereocenters. The van der Waals surface area contributed by atoms with E-state index in [-0.39, 0.29) is 11.8 Å². The molecule has 1 aromatic rings. The summed E-state index contributed by atoms with van der Waals surface area (Å²) in [5.74, 6) is 1.57. The maximum atomic E-state index is 12.3. The third-order valence-corrected chi connectivity index (χ3v) is 5.56. The van der Waals surface area contributed by atoms with Crippen molar-refractivity contribution in [3.05, 3.63) is 22.4 Å². The van der Waals surface area contributed by atoms with Crippen LogP contribution in [0.5, 0.6) is 0 Å². The smallest absolute Gasteiger partial charge is 0.223 e. The molecule has 2 fully saturated rings. The molecule has 0 aliphatic heterocycles. The Kier molecular flexibility index (Phi) is 3.89. The van der Waals surface area contributed by atoms with Gasteiger partial charge in [-0.1, -0.05) is 6.42 Å². The molecule has 0 aromatic carbocycles. The molecule has 1 aromatic heterocycles. The van der Waals surface area contributed by atoms with E-state index in [2.05, 4.69) is 16.8 Å². The summed E-state index contributed by atoms with van der Waals surface area (Å²) < 4.78 is 0. The molecule has 104 valence electrons. The highest BCUT2D eigenvalue weighted by Gasteiger charge is 2.40. The normalized spacial score (nSPS) is 33.9. The van der Waals surface area contributed by atoms with Gasteiger partial charge in [0.2, 0.25) is 5.91 Å². The van der Waals surface area contributed by atoms with Gasteiger partial charge in [-0.25, -0.2) is 0 Å². The van der Waals surface area contributed by atoms with Crippen LogP contribution in [-0.2, 0) is 11.3 Å². The SMILES string of the molecule is NC1C2CCCC1CC(C(=O)NCc1ccsc1)C2. The Morgan fingerprint density at radius 3 is 2.74 bits per heavy atom. The number of rotatable bonds is 3. The average molecular weight is 278 g/mol. The minimum Gasteiger partial charge on any atom is -0.352 e. The van der Waals surface area contributed by atoms with Gasteiger partial charge in [-0.15, -0.1) is 0 Å². The first kappa shape index (κ1) is 13.1. The van der Waals surface area contributed by atoms with Crippen molar-refractivity contribution >= 4 is 17.2 Å². The van der Waals surface area contributed by atoms with Crippen LogP contribution in [0.4, 0.5) is 0 Å². The van der Waals surface area contributed by atoms with E-state index in [1.165, 1.54) is 24.8 Å².